The minimum absolute atomic E-state index is 0.00546. The molecule has 0 radical (unpaired) electrons. The van der Waals surface area contributed by atoms with Crippen molar-refractivity contribution in [1.82, 2.24) is 5.32 Å². The van der Waals surface area contributed by atoms with Crippen LogP contribution in [0.1, 0.15) is 0 Å². The fraction of sp³-hybridized carbons (Fsp3) is 0.895. The van der Waals surface area contributed by atoms with E-state index in [9.17, 15) is 56.2 Å². The third-order valence-corrected chi connectivity index (χ3v) is 6.40. The van der Waals surface area contributed by atoms with E-state index in [2.05, 4.69) is 5.32 Å². The van der Waals surface area contributed by atoms with Gasteiger partial charge in [0.15, 0.2) is 12.6 Å². The lowest BCUT2D eigenvalue weighted by Gasteiger charge is -2.47. The van der Waals surface area contributed by atoms with Gasteiger partial charge in [0.05, 0.1) is 31.9 Å². The highest BCUT2D eigenvalue weighted by molar-refractivity contribution is 5.22. The van der Waals surface area contributed by atoms with Crippen molar-refractivity contribution in [3.8, 4) is 0 Å². The number of nitrogens with one attached hydrogen (secondary N) is 1. The van der Waals surface area contributed by atoms with Gasteiger partial charge in [0.25, 0.3) is 0 Å². The lowest BCUT2D eigenvalue weighted by Crippen LogP contribution is -2.69. The fourth-order valence-corrected chi connectivity index (χ4v) is 4.36. The molecule has 2 heterocycles. The second-order valence-corrected chi connectivity index (χ2v) is 8.58. The molecule has 0 aromatic heterocycles. The summed E-state index contributed by atoms with van der Waals surface area (Å²) in [5.41, 5.74) is 0.00546. The van der Waals surface area contributed by atoms with Crippen molar-refractivity contribution in [2.24, 2.45) is 0 Å². The molecule has 1 aliphatic carbocycles. The largest absolute Gasteiger partial charge is 0.394 e. The van der Waals surface area contributed by atoms with Crippen molar-refractivity contribution < 1.29 is 70.4 Å². The topological polar surface area (TPSA) is 262 Å². The number of aliphatic hydroxyl groups excluding tert-OH is 11. The molecule has 2 fully saturated rings. The molecular weight excluding hydrogens is 466 g/mol. The second kappa shape index (κ2) is 11.5. The Labute approximate surface area is 193 Å². The molecule has 3 rings (SSSR count). The van der Waals surface area contributed by atoms with Crippen LogP contribution in [0.25, 0.3) is 0 Å². The predicted molar refractivity (Wildman–Crippen MR) is 107 cm³/mol. The van der Waals surface area contributed by atoms with Gasteiger partial charge in [-0.3, -0.25) is 0 Å². The highest BCUT2D eigenvalue weighted by atomic mass is 16.7. The molecule has 0 bridgehead atoms. The molecule has 2 aliphatic heterocycles. The van der Waals surface area contributed by atoms with Gasteiger partial charge in [0.1, 0.15) is 61.0 Å². The maximum Gasteiger partial charge on any atom is 0.187 e. The average molecular weight is 499 g/mol. The van der Waals surface area contributed by atoms with Gasteiger partial charge < -0.3 is 75.7 Å². The first kappa shape index (κ1) is 27.7. The molecular formula is C19H33NO14. The highest BCUT2D eigenvalue weighted by Gasteiger charge is 2.51. The Hall–Kier alpha value is -0.860. The zero-order valence-corrected chi connectivity index (χ0v) is 17.9. The van der Waals surface area contributed by atoms with Crippen LogP contribution in [0.2, 0.25) is 0 Å². The number of rotatable bonds is 7. The molecule has 15 nitrogen and oxygen atoms in total. The first-order valence-electron chi connectivity index (χ1n) is 10.8. The molecule has 0 saturated carbocycles. The van der Waals surface area contributed by atoms with Gasteiger partial charge in [0, 0.05) is 0 Å². The van der Waals surface area contributed by atoms with Gasteiger partial charge in [-0.2, -0.15) is 0 Å². The molecule has 12 N–H and O–H groups in total. The van der Waals surface area contributed by atoms with Crippen LogP contribution in [0.3, 0.4) is 0 Å². The van der Waals surface area contributed by atoms with Crippen LogP contribution in [0, 0.1) is 0 Å². The Balaban J connectivity index is 1.75. The Morgan fingerprint density at radius 2 is 1.38 bits per heavy atom. The van der Waals surface area contributed by atoms with E-state index in [0.717, 1.165) is 0 Å². The molecule has 0 unspecified atom stereocenters. The standard InChI is InChI=1S/C19H33NO14/c21-2-5-1-6(11(25)13(27)10(5)24)20-9-7(3-22)33-19(16(30)12(9)26)34-17-8(4-23)32-18(31)15(29)14(17)28/h1,6-31H,2-4H2/t6-,7-,8+,9-,10+,11+,12+,13+,14-,15-,16-,17-,18+,19+/m0/s1. The monoisotopic (exact) mass is 499 g/mol. The summed E-state index contributed by atoms with van der Waals surface area (Å²) in [4.78, 5) is 0. The number of hydrogen-bond acceptors (Lipinski definition) is 15. The third-order valence-electron chi connectivity index (χ3n) is 6.40. The Morgan fingerprint density at radius 3 is 1.97 bits per heavy atom. The Morgan fingerprint density at radius 1 is 0.735 bits per heavy atom. The number of ether oxygens (including phenoxy) is 3. The first-order chi connectivity index (χ1) is 16.0. The van der Waals surface area contributed by atoms with Crippen LogP contribution in [0.5, 0.6) is 0 Å². The van der Waals surface area contributed by atoms with Gasteiger partial charge in [-0.15, -0.1) is 0 Å². The molecule has 0 amide bonds. The number of hydrogen-bond donors (Lipinski definition) is 12. The van der Waals surface area contributed by atoms with E-state index in [1.165, 1.54) is 6.08 Å². The third kappa shape index (κ3) is 5.29. The van der Waals surface area contributed by atoms with Crippen molar-refractivity contribution in [1.29, 1.82) is 0 Å². The van der Waals surface area contributed by atoms with Crippen LogP contribution in [0.4, 0.5) is 0 Å². The smallest absolute Gasteiger partial charge is 0.187 e. The summed E-state index contributed by atoms with van der Waals surface area (Å²) in [6.45, 7) is -2.08. The zero-order chi connectivity index (χ0) is 25.3. The maximum absolute atomic E-state index is 10.7. The summed E-state index contributed by atoms with van der Waals surface area (Å²) in [5.74, 6) is 0. The molecule has 15 heteroatoms. The summed E-state index contributed by atoms with van der Waals surface area (Å²) in [6, 6.07) is -2.36. The minimum Gasteiger partial charge on any atom is -0.394 e. The number of aliphatic hydroxyl groups is 11. The van der Waals surface area contributed by atoms with Crippen LogP contribution >= 0.6 is 0 Å². The zero-order valence-electron chi connectivity index (χ0n) is 17.9. The van der Waals surface area contributed by atoms with Gasteiger partial charge in [-0.05, 0) is 5.57 Å². The molecule has 14 atom stereocenters. The van der Waals surface area contributed by atoms with Crippen LogP contribution in [0.15, 0.2) is 11.6 Å². The van der Waals surface area contributed by atoms with E-state index in [1.54, 1.807) is 0 Å². The molecule has 34 heavy (non-hydrogen) atoms. The lowest BCUT2D eigenvalue weighted by atomic mass is 9.86. The van der Waals surface area contributed by atoms with E-state index in [0.29, 0.717) is 0 Å². The fourth-order valence-electron chi connectivity index (χ4n) is 4.36. The molecule has 2 saturated heterocycles. The quantitative estimate of drug-likeness (QED) is 0.145. The molecule has 0 spiro atoms. The summed E-state index contributed by atoms with van der Waals surface area (Å²) in [5, 5.41) is 112. The molecule has 3 aliphatic rings. The van der Waals surface area contributed by atoms with Gasteiger partial charge in [-0.25, -0.2) is 0 Å². The van der Waals surface area contributed by atoms with Gasteiger partial charge >= 0.3 is 0 Å². The van der Waals surface area contributed by atoms with Crippen LogP contribution < -0.4 is 5.32 Å². The molecule has 0 aromatic rings. The second-order valence-electron chi connectivity index (χ2n) is 8.58. The summed E-state index contributed by atoms with van der Waals surface area (Å²) >= 11 is 0. The molecule has 198 valence electrons. The van der Waals surface area contributed by atoms with Gasteiger partial charge in [0.2, 0.25) is 0 Å². The van der Waals surface area contributed by atoms with E-state index in [4.69, 9.17) is 14.2 Å². The predicted octanol–water partition coefficient (Wildman–Crippen LogP) is -7.42. The van der Waals surface area contributed by atoms with Crippen molar-refractivity contribution in [2.75, 3.05) is 19.8 Å². The van der Waals surface area contributed by atoms with Crippen molar-refractivity contribution in [3.05, 3.63) is 11.6 Å². The van der Waals surface area contributed by atoms with Crippen molar-refractivity contribution >= 4 is 0 Å². The Bertz CT molecular complexity index is 694. The highest BCUT2D eigenvalue weighted by Crippen LogP contribution is 2.30. The maximum atomic E-state index is 10.7. The van der Waals surface area contributed by atoms with E-state index >= 15 is 0 Å². The van der Waals surface area contributed by atoms with E-state index in [1.807, 2.05) is 0 Å². The average Bonchev–Trinajstić information content (AvgIpc) is 2.83. The van der Waals surface area contributed by atoms with Crippen molar-refractivity contribution in [3.63, 3.8) is 0 Å². The molecule has 0 aromatic carbocycles. The normalized spacial score (nSPS) is 50.1. The Kier molecular flexibility index (Phi) is 9.35. The first-order valence-corrected chi connectivity index (χ1v) is 10.8. The summed E-state index contributed by atoms with van der Waals surface area (Å²) < 4.78 is 15.9. The summed E-state index contributed by atoms with van der Waals surface area (Å²) in [7, 11) is 0. The van der Waals surface area contributed by atoms with Crippen molar-refractivity contribution in [2.45, 2.75) is 85.7 Å². The van der Waals surface area contributed by atoms with Gasteiger partial charge in [-0.1, -0.05) is 6.08 Å². The van der Waals surface area contributed by atoms with E-state index < -0.39 is 106 Å². The lowest BCUT2D eigenvalue weighted by molar-refractivity contribution is -0.348. The van der Waals surface area contributed by atoms with E-state index in [-0.39, 0.29) is 5.57 Å². The SMILES string of the molecule is OCC1=C[C@H](N[C@@H]2[C@@H](O)[C@H](O)[C@@H](O[C@@H]3[C@@H](O)[C@H](O)[C@H](O)O[C@@H]3CO)O[C@H]2CO)[C@@H](O)[C@H](O)[C@@H]1O. The summed E-state index contributed by atoms with van der Waals surface area (Å²) in [6.07, 6.45) is -18.2. The van der Waals surface area contributed by atoms with Crippen LogP contribution in [-0.4, -0.2) is 162 Å². The minimum atomic E-state index is -1.81. The van der Waals surface area contributed by atoms with Crippen LogP contribution in [-0.2, 0) is 14.2 Å².